The Labute approximate surface area is 173 Å². The number of amides is 1. The molecule has 0 unspecified atom stereocenters. The van der Waals surface area contributed by atoms with Gasteiger partial charge < -0.3 is 10.2 Å². The lowest BCUT2D eigenvalue weighted by Crippen LogP contribution is -2.32. The third kappa shape index (κ3) is 4.62. The molecule has 0 spiro atoms. The van der Waals surface area contributed by atoms with Gasteiger partial charge in [0.1, 0.15) is 0 Å². The van der Waals surface area contributed by atoms with Crippen LogP contribution in [0.1, 0.15) is 56.2 Å². The fourth-order valence-electron chi connectivity index (χ4n) is 3.81. The zero-order valence-corrected chi connectivity index (χ0v) is 18.2. The van der Waals surface area contributed by atoms with Crippen molar-refractivity contribution >= 4 is 27.3 Å². The Morgan fingerprint density at radius 3 is 2.28 bits per heavy atom. The molecule has 1 amide bonds. The summed E-state index contributed by atoms with van der Waals surface area (Å²) in [6.07, 6.45) is 0.771. The van der Waals surface area contributed by atoms with Crippen LogP contribution in [0.15, 0.2) is 41.3 Å². The maximum Gasteiger partial charge on any atom is 0.243 e. The first kappa shape index (κ1) is 21.3. The largest absolute Gasteiger partial charge is 0.362 e. The van der Waals surface area contributed by atoms with Gasteiger partial charge in [0.15, 0.2) is 0 Å². The second-order valence-electron chi connectivity index (χ2n) is 8.18. The molecule has 0 aliphatic carbocycles. The minimum atomic E-state index is -3.78. The molecular weight excluding hydrogens is 386 g/mol. The fraction of sp³-hybridized carbons (Fsp3) is 0.409. The summed E-state index contributed by atoms with van der Waals surface area (Å²) in [7, 11) is -3.78. The van der Waals surface area contributed by atoms with E-state index in [4.69, 9.17) is 5.14 Å². The van der Waals surface area contributed by atoms with Crippen molar-refractivity contribution in [3.8, 4) is 0 Å². The van der Waals surface area contributed by atoms with E-state index < -0.39 is 10.0 Å². The summed E-state index contributed by atoms with van der Waals surface area (Å²) < 4.78 is 23.4. The lowest BCUT2D eigenvalue weighted by molar-refractivity contribution is -0.115. The van der Waals surface area contributed by atoms with Crippen molar-refractivity contribution < 1.29 is 13.2 Å². The summed E-state index contributed by atoms with van der Waals surface area (Å²) in [4.78, 5) is 14.9. The first-order valence-corrected chi connectivity index (χ1v) is 11.5. The summed E-state index contributed by atoms with van der Waals surface area (Å²) in [6.45, 7) is 9.27. The van der Waals surface area contributed by atoms with Crippen molar-refractivity contribution in [1.82, 2.24) is 0 Å². The molecule has 7 heteroatoms. The van der Waals surface area contributed by atoms with Gasteiger partial charge in [0.25, 0.3) is 0 Å². The Balaban J connectivity index is 1.84. The van der Waals surface area contributed by atoms with E-state index in [2.05, 4.69) is 45.1 Å². The monoisotopic (exact) mass is 415 g/mol. The first-order chi connectivity index (χ1) is 13.6. The summed E-state index contributed by atoms with van der Waals surface area (Å²) in [5.41, 5.74) is 4.90. The van der Waals surface area contributed by atoms with E-state index in [0.29, 0.717) is 6.54 Å². The van der Waals surface area contributed by atoms with E-state index in [1.54, 1.807) is 12.1 Å². The van der Waals surface area contributed by atoms with E-state index in [1.165, 1.54) is 6.07 Å². The average molecular weight is 416 g/mol. The third-order valence-corrected chi connectivity index (χ3v) is 6.26. The molecule has 1 aliphatic heterocycles. The molecule has 156 valence electrons. The zero-order chi connectivity index (χ0) is 21.3. The van der Waals surface area contributed by atoms with E-state index in [-0.39, 0.29) is 29.2 Å². The highest BCUT2D eigenvalue weighted by Gasteiger charge is 2.24. The Hall–Kier alpha value is -2.38. The molecule has 1 heterocycles. The molecule has 6 nitrogen and oxygen atoms in total. The van der Waals surface area contributed by atoms with Crippen LogP contribution in [-0.2, 0) is 21.2 Å². The molecule has 2 aromatic carbocycles. The van der Waals surface area contributed by atoms with Gasteiger partial charge in [0, 0.05) is 17.9 Å². The molecule has 2 aromatic rings. The number of rotatable bonds is 6. The second kappa shape index (κ2) is 8.16. The van der Waals surface area contributed by atoms with Gasteiger partial charge in [-0.1, -0.05) is 52.0 Å². The van der Waals surface area contributed by atoms with Crippen LogP contribution < -0.4 is 15.4 Å². The first-order valence-electron chi connectivity index (χ1n) is 9.91. The molecule has 1 aliphatic rings. The number of para-hydroxylation sites is 1. The molecule has 0 bridgehead atoms. The van der Waals surface area contributed by atoms with Crippen LogP contribution in [-0.4, -0.2) is 27.4 Å². The number of nitrogens with one attached hydrogen (secondary N) is 1. The van der Waals surface area contributed by atoms with Crippen LogP contribution in [0.4, 0.5) is 11.4 Å². The van der Waals surface area contributed by atoms with Crippen LogP contribution in [0, 0.1) is 0 Å². The maximum absolute atomic E-state index is 12.9. The van der Waals surface area contributed by atoms with Crippen LogP contribution >= 0.6 is 0 Å². The molecule has 0 radical (unpaired) electrons. The Morgan fingerprint density at radius 1 is 1.10 bits per heavy atom. The number of anilines is 2. The predicted octanol–water partition coefficient (Wildman–Crippen LogP) is 3.58. The number of nitrogens with zero attached hydrogens (tertiary/aromatic N) is 1. The summed E-state index contributed by atoms with van der Waals surface area (Å²) >= 11 is 0. The van der Waals surface area contributed by atoms with Crippen LogP contribution in [0.2, 0.25) is 0 Å². The van der Waals surface area contributed by atoms with Crippen LogP contribution in [0.3, 0.4) is 0 Å². The number of carbonyl (C=O) groups is 1. The van der Waals surface area contributed by atoms with E-state index in [0.717, 1.165) is 34.5 Å². The number of fused-ring (bicyclic) bond motifs is 1. The number of hydrogen-bond acceptors (Lipinski definition) is 4. The number of hydrogen-bond donors (Lipinski definition) is 2. The minimum absolute atomic E-state index is 0.0656. The quantitative estimate of drug-likeness (QED) is 0.754. The van der Waals surface area contributed by atoms with Gasteiger partial charge in [-0.25, -0.2) is 13.6 Å². The SMILES string of the molecule is CC(C)c1cccc(C(C)C)c1NC(=O)CN1CCc2ccc(S(N)(=O)=O)cc21. The highest BCUT2D eigenvalue weighted by molar-refractivity contribution is 7.89. The molecule has 0 saturated carbocycles. The molecule has 0 fully saturated rings. The van der Waals surface area contributed by atoms with E-state index >= 15 is 0 Å². The Kier molecular flexibility index (Phi) is 6.00. The van der Waals surface area contributed by atoms with Gasteiger partial charge in [0.2, 0.25) is 15.9 Å². The highest BCUT2D eigenvalue weighted by Crippen LogP contribution is 2.33. The van der Waals surface area contributed by atoms with Crippen LogP contribution in [0.5, 0.6) is 0 Å². The minimum Gasteiger partial charge on any atom is -0.362 e. The van der Waals surface area contributed by atoms with E-state index in [1.807, 2.05) is 11.0 Å². The lowest BCUT2D eigenvalue weighted by atomic mass is 9.92. The second-order valence-corrected chi connectivity index (χ2v) is 9.74. The van der Waals surface area contributed by atoms with Crippen molar-refractivity contribution in [3.63, 3.8) is 0 Å². The maximum atomic E-state index is 12.9. The number of sulfonamides is 1. The van der Waals surface area contributed by atoms with Crippen molar-refractivity contribution in [3.05, 3.63) is 53.1 Å². The third-order valence-electron chi connectivity index (χ3n) is 5.35. The average Bonchev–Trinajstić information content (AvgIpc) is 3.02. The molecule has 0 saturated heterocycles. The van der Waals surface area contributed by atoms with Crippen molar-refractivity contribution in [2.24, 2.45) is 5.14 Å². The summed E-state index contributed by atoms with van der Waals surface area (Å²) in [5, 5.41) is 8.38. The summed E-state index contributed by atoms with van der Waals surface area (Å²) in [5.74, 6) is 0.455. The number of benzene rings is 2. The molecule has 3 rings (SSSR count). The number of carbonyl (C=O) groups excluding carboxylic acids is 1. The standard InChI is InChI=1S/C22H29N3O3S/c1-14(2)18-6-5-7-19(15(3)4)22(18)24-21(26)13-25-11-10-16-8-9-17(12-20(16)25)29(23,27)28/h5-9,12,14-15H,10-11,13H2,1-4H3,(H,24,26)(H2,23,27,28). The topological polar surface area (TPSA) is 92.5 Å². The Morgan fingerprint density at radius 2 is 1.72 bits per heavy atom. The van der Waals surface area contributed by atoms with Gasteiger partial charge >= 0.3 is 0 Å². The van der Waals surface area contributed by atoms with Crippen molar-refractivity contribution in [1.29, 1.82) is 0 Å². The molecule has 3 N–H and O–H groups in total. The lowest BCUT2D eigenvalue weighted by Gasteiger charge is -2.23. The Bertz CT molecular complexity index is 1000. The highest BCUT2D eigenvalue weighted by atomic mass is 32.2. The zero-order valence-electron chi connectivity index (χ0n) is 17.4. The van der Waals surface area contributed by atoms with Gasteiger partial charge in [-0.2, -0.15) is 0 Å². The molecule has 29 heavy (non-hydrogen) atoms. The number of primary sulfonamides is 1. The van der Waals surface area contributed by atoms with Gasteiger partial charge in [-0.05, 0) is 47.1 Å². The molecular formula is C22H29N3O3S. The molecule has 0 aromatic heterocycles. The van der Waals surface area contributed by atoms with Gasteiger partial charge in [-0.3, -0.25) is 4.79 Å². The van der Waals surface area contributed by atoms with E-state index in [9.17, 15) is 13.2 Å². The van der Waals surface area contributed by atoms with Crippen LogP contribution in [0.25, 0.3) is 0 Å². The van der Waals surface area contributed by atoms with Gasteiger partial charge in [-0.15, -0.1) is 0 Å². The number of nitrogens with two attached hydrogens (primary N) is 1. The predicted molar refractivity (Wildman–Crippen MR) is 117 cm³/mol. The normalized spacial score (nSPS) is 13.8. The van der Waals surface area contributed by atoms with Crippen molar-refractivity contribution in [2.75, 3.05) is 23.3 Å². The summed E-state index contributed by atoms with van der Waals surface area (Å²) in [6, 6.07) is 11.0. The molecule has 0 atom stereocenters. The van der Waals surface area contributed by atoms with Gasteiger partial charge in [0.05, 0.1) is 11.4 Å². The smallest absolute Gasteiger partial charge is 0.243 e. The van der Waals surface area contributed by atoms with Crippen molar-refractivity contribution in [2.45, 2.75) is 50.8 Å². The fourth-order valence-corrected chi connectivity index (χ4v) is 4.35.